The molecular formula is C35H35N9O4. The molecule has 0 bridgehead atoms. The van der Waals surface area contributed by atoms with Gasteiger partial charge in [-0.1, -0.05) is 37.3 Å². The second-order valence-electron chi connectivity index (χ2n) is 11.5. The van der Waals surface area contributed by atoms with Gasteiger partial charge in [0.1, 0.15) is 24.2 Å². The summed E-state index contributed by atoms with van der Waals surface area (Å²) in [5.41, 5.74) is 3.50. The molecule has 0 saturated carbocycles. The first-order valence-corrected chi connectivity index (χ1v) is 16.0. The Morgan fingerprint density at radius 1 is 1.04 bits per heavy atom. The van der Waals surface area contributed by atoms with E-state index >= 15 is 0 Å². The lowest BCUT2D eigenvalue weighted by Gasteiger charge is -2.24. The lowest BCUT2D eigenvalue weighted by molar-refractivity contribution is -0.0298. The fourth-order valence-corrected chi connectivity index (χ4v) is 6.07. The third-order valence-electron chi connectivity index (χ3n) is 8.52. The first-order valence-electron chi connectivity index (χ1n) is 16.0. The number of carbonyl (C=O) groups is 1. The van der Waals surface area contributed by atoms with Crippen molar-refractivity contribution in [2.75, 3.05) is 24.4 Å². The maximum atomic E-state index is 14.5. The molecule has 244 valence electrons. The van der Waals surface area contributed by atoms with Crippen molar-refractivity contribution in [1.82, 2.24) is 34.1 Å². The number of ether oxygens (including phenoxy) is 2. The molecule has 13 heteroatoms. The third kappa shape index (κ3) is 5.95. The minimum Gasteiger partial charge on any atom is -0.465 e. The molecule has 1 fully saturated rings. The van der Waals surface area contributed by atoms with Crippen molar-refractivity contribution >= 4 is 39.7 Å². The number of pyridine rings is 1. The number of benzene rings is 2. The summed E-state index contributed by atoms with van der Waals surface area (Å²) in [6, 6.07) is 18.1. The largest absolute Gasteiger partial charge is 0.465 e. The van der Waals surface area contributed by atoms with Gasteiger partial charge in [0.05, 0.1) is 41.6 Å². The molecule has 2 N–H and O–H groups in total. The molecule has 4 aromatic heterocycles. The molecule has 0 amide bonds. The highest BCUT2D eigenvalue weighted by molar-refractivity contribution is 5.89. The number of rotatable bonds is 10. The van der Waals surface area contributed by atoms with Crippen LogP contribution in [0.4, 0.5) is 11.6 Å². The van der Waals surface area contributed by atoms with Gasteiger partial charge in [-0.2, -0.15) is 0 Å². The maximum absolute atomic E-state index is 14.5. The minimum atomic E-state index is -0.459. The molecule has 1 aliphatic heterocycles. The molecule has 2 atom stereocenters. The van der Waals surface area contributed by atoms with Crippen LogP contribution in [0.25, 0.3) is 27.8 Å². The maximum Gasteiger partial charge on any atom is 0.339 e. The number of aromatic nitrogens is 7. The average molecular weight is 646 g/mol. The fourth-order valence-electron chi connectivity index (χ4n) is 6.07. The van der Waals surface area contributed by atoms with Gasteiger partial charge in [0.15, 0.2) is 17.0 Å². The van der Waals surface area contributed by atoms with Crippen molar-refractivity contribution in [3.05, 3.63) is 107 Å². The van der Waals surface area contributed by atoms with Crippen LogP contribution in [-0.4, -0.2) is 53.7 Å². The van der Waals surface area contributed by atoms with E-state index in [4.69, 9.17) is 14.5 Å². The molecule has 1 unspecified atom stereocenters. The topological polar surface area (TPSA) is 151 Å². The van der Waals surface area contributed by atoms with E-state index in [-0.39, 0.29) is 11.8 Å². The highest BCUT2D eigenvalue weighted by Gasteiger charge is 2.25. The summed E-state index contributed by atoms with van der Waals surface area (Å²) in [5.74, 6) is 1.20. The van der Waals surface area contributed by atoms with Gasteiger partial charge in [-0.05, 0) is 61.6 Å². The lowest BCUT2D eigenvalue weighted by Crippen LogP contribution is -2.29. The van der Waals surface area contributed by atoms with E-state index in [0.29, 0.717) is 70.4 Å². The van der Waals surface area contributed by atoms with E-state index in [1.165, 1.54) is 19.6 Å². The second kappa shape index (κ2) is 13.6. The van der Waals surface area contributed by atoms with Crippen molar-refractivity contribution in [3.63, 3.8) is 0 Å². The molecule has 13 nitrogen and oxygen atoms in total. The van der Waals surface area contributed by atoms with Crippen LogP contribution in [0, 0.1) is 0 Å². The number of nitrogens with one attached hydrogen (secondary N) is 2. The molecule has 5 heterocycles. The normalized spacial score (nSPS) is 15.3. The number of esters is 1. The zero-order chi connectivity index (χ0) is 33.0. The number of nitrogens with zero attached hydrogens (tertiary/aromatic N) is 7. The molecule has 0 aliphatic carbocycles. The Morgan fingerprint density at radius 2 is 1.92 bits per heavy atom. The van der Waals surface area contributed by atoms with Crippen LogP contribution in [0.15, 0.2) is 84.3 Å². The Kier molecular flexibility index (Phi) is 8.75. The molecule has 7 rings (SSSR count). The molecule has 48 heavy (non-hydrogen) atoms. The van der Waals surface area contributed by atoms with Crippen LogP contribution in [0.5, 0.6) is 0 Å². The smallest absolute Gasteiger partial charge is 0.339 e. The predicted molar refractivity (Wildman–Crippen MR) is 181 cm³/mol. The first-order chi connectivity index (χ1) is 23.6. The van der Waals surface area contributed by atoms with Gasteiger partial charge in [-0.15, -0.1) is 0 Å². The van der Waals surface area contributed by atoms with Crippen molar-refractivity contribution in [3.8, 4) is 5.69 Å². The number of anilines is 2. The molecule has 2 aromatic carbocycles. The van der Waals surface area contributed by atoms with E-state index in [1.54, 1.807) is 23.0 Å². The number of methoxy groups -OCH3 is 1. The van der Waals surface area contributed by atoms with Gasteiger partial charge in [0.2, 0.25) is 0 Å². The second-order valence-corrected chi connectivity index (χ2v) is 11.5. The summed E-state index contributed by atoms with van der Waals surface area (Å²) < 4.78 is 14.4. The summed E-state index contributed by atoms with van der Waals surface area (Å²) in [7, 11) is 1.33. The van der Waals surface area contributed by atoms with Crippen LogP contribution in [0.2, 0.25) is 0 Å². The average Bonchev–Trinajstić information content (AvgIpc) is 3.58. The van der Waals surface area contributed by atoms with Gasteiger partial charge in [0.25, 0.3) is 5.56 Å². The Hall–Kier alpha value is -5.69. The van der Waals surface area contributed by atoms with Gasteiger partial charge < -0.3 is 20.1 Å². The van der Waals surface area contributed by atoms with Gasteiger partial charge in [-0.25, -0.2) is 29.7 Å². The summed E-state index contributed by atoms with van der Waals surface area (Å²) in [6.45, 7) is 3.06. The van der Waals surface area contributed by atoms with Gasteiger partial charge in [-0.3, -0.25) is 13.9 Å². The number of imidazole rings is 1. The number of hydrogen-bond donors (Lipinski definition) is 2. The van der Waals surface area contributed by atoms with Crippen molar-refractivity contribution < 1.29 is 14.3 Å². The molecule has 1 saturated heterocycles. The molecule has 6 aromatic rings. The zero-order valence-electron chi connectivity index (χ0n) is 26.7. The monoisotopic (exact) mass is 645 g/mol. The van der Waals surface area contributed by atoms with E-state index in [9.17, 15) is 9.59 Å². The number of fused-ring (bicyclic) bond motifs is 2. The lowest BCUT2D eigenvalue weighted by atomic mass is 10.1. The van der Waals surface area contributed by atoms with Gasteiger partial charge >= 0.3 is 5.97 Å². The third-order valence-corrected chi connectivity index (χ3v) is 8.52. The molecule has 0 spiro atoms. The van der Waals surface area contributed by atoms with E-state index in [0.717, 1.165) is 24.8 Å². The summed E-state index contributed by atoms with van der Waals surface area (Å²) in [5, 5.41) is 7.30. The van der Waals surface area contributed by atoms with Crippen molar-refractivity contribution in [2.45, 2.75) is 51.4 Å². The quantitative estimate of drug-likeness (QED) is 0.180. The van der Waals surface area contributed by atoms with Crippen LogP contribution in [-0.2, 0) is 16.0 Å². The standard InChI is InChI=1S/C35H35N9O4/c1-3-25(41-31-30-33(39-20-38-31)43(21-40-30)28-14-7-8-17-48-28)32-42-26-13-9-10-22(18-36-27-16-15-23(19-37-27)35(46)47-2)29(26)34(45)44(32)24-11-5-4-6-12-24/h4-6,9-13,15-16,19-21,25,28H,3,7-8,14,17-18H2,1-2H3,(H,36,37)(H,38,39,41)/t25-,28?/m0/s1. The van der Waals surface area contributed by atoms with Crippen molar-refractivity contribution in [2.24, 2.45) is 0 Å². The number of carbonyl (C=O) groups excluding carboxylic acids is 1. The zero-order valence-corrected chi connectivity index (χ0v) is 26.7. The van der Waals surface area contributed by atoms with Crippen LogP contribution >= 0.6 is 0 Å². The Bertz CT molecular complexity index is 2120. The predicted octanol–water partition coefficient (Wildman–Crippen LogP) is 5.58. The summed E-state index contributed by atoms with van der Waals surface area (Å²) >= 11 is 0. The highest BCUT2D eigenvalue weighted by Crippen LogP contribution is 2.30. The molecular weight excluding hydrogens is 610 g/mol. The first kappa shape index (κ1) is 30.9. The summed E-state index contributed by atoms with van der Waals surface area (Å²) in [6.07, 6.45) is 8.26. The van der Waals surface area contributed by atoms with E-state index in [1.807, 2.05) is 60.0 Å². The molecule has 0 radical (unpaired) electrons. The highest BCUT2D eigenvalue weighted by atomic mass is 16.5. The SMILES string of the molecule is CC[C@H](Nc1ncnc2c1ncn2C1CCCCO1)c1nc2cccc(CNc3ccc(C(=O)OC)cn3)c2c(=O)n1-c1ccccc1. The summed E-state index contributed by atoms with van der Waals surface area (Å²) in [4.78, 5) is 49.6. The Morgan fingerprint density at radius 3 is 2.67 bits per heavy atom. The molecule has 1 aliphatic rings. The number of hydrogen-bond acceptors (Lipinski definition) is 11. The van der Waals surface area contributed by atoms with Gasteiger partial charge in [0, 0.05) is 19.3 Å². The minimum absolute atomic E-state index is 0.113. The van der Waals surface area contributed by atoms with Crippen LogP contribution < -0.4 is 16.2 Å². The van der Waals surface area contributed by atoms with Crippen molar-refractivity contribution in [1.29, 1.82) is 0 Å². The Balaban J connectivity index is 1.26. The van der Waals surface area contributed by atoms with Crippen LogP contribution in [0.3, 0.4) is 0 Å². The number of para-hydroxylation sites is 1. The van der Waals surface area contributed by atoms with E-state index < -0.39 is 12.0 Å². The fraction of sp³-hybridized carbons (Fsp3) is 0.286. The van der Waals surface area contributed by atoms with E-state index in [2.05, 4.69) is 30.6 Å². The Labute approximate surface area is 276 Å². The van der Waals surface area contributed by atoms with Crippen LogP contribution in [0.1, 0.15) is 66.6 Å².